The van der Waals surface area contributed by atoms with Crippen molar-refractivity contribution in [3.8, 4) is 0 Å². The largest absolute Gasteiger partial charge is 0.448 e. The van der Waals surface area contributed by atoms with Crippen molar-refractivity contribution in [1.29, 1.82) is 0 Å². The fourth-order valence-electron chi connectivity index (χ4n) is 3.60. The SMILES string of the molecule is Cc1c(C(=O)N2CCn3nc(C4CC4)cc3C2)oc2c(F)cccc12. The number of aryl methyl sites for hydroxylation is 1. The topological polar surface area (TPSA) is 51.3 Å². The van der Waals surface area contributed by atoms with Crippen LogP contribution in [0.3, 0.4) is 0 Å². The van der Waals surface area contributed by atoms with Crippen molar-refractivity contribution in [2.75, 3.05) is 6.54 Å². The Morgan fingerprint density at radius 1 is 1.32 bits per heavy atom. The zero-order valence-electron chi connectivity index (χ0n) is 14.0. The number of hydrogen-bond acceptors (Lipinski definition) is 3. The zero-order chi connectivity index (χ0) is 17.1. The van der Waals surface area contributed by atoms with Crippen molar-refractivity contribution < 1.29 is 13.6 Å². The molecule has 3 heterocycles. The van der Waals surface area contributed by atoms with Crippen molar-refractivity contribution in [2.24, 2.45) is 0 Å². The maximum Gasteiger partial charge on any atom is 0.290 e. The zero-order valence-corrected chi connectivity index (χ0v) is 14.0. The number of aromatic nitrogens is 2. The molecule has 0 atom stereocenters. The number of rotatable bonds is 2. The third kappa shape index (κ3) is 2.27. The van der Waals surface area contributed by atoms with Crippen molar-refractivity contribution >= 4 is 16.9 Å². The monoisotopic (exact) mass is 339 g/mol. The minimum atomic E-state index is -0.439. The lowest BCUT2D eigenvalue weighted by Crippen LogP contribution is -2.38. The Balaban J connectivity index is 1.46. The van der Waals surface area contributed by atoms with E-state index < -0.39 is 5.82 Å². The van der Waals surface area contributed by atoms with Gasteiger partial charge in [-0.3, -0.25) is 9.48 Å². The third-order valence-electron chi connectivity index (χ3n) is 5.21. The van der Waals surface area contributed by atoms with E-state index in [4.69, 9.17) is 4.42 Å². The van der Waals surface area contributed by atoms with E-state index in [1.165, 1.54) is 18.9 Å². The van der Waals surface area contributed by atoms with Gasteiger partial charge in [-0.1, -0.05) is 12.1 Å². The second kappa shape index (κ2) is 5.18. The van der Waals surface area contributed by atoms with Gasteiger partial charge in [0.15, 0.2) is 17.2 Å². The van der Waals surface area contributed by atoms with Gasteiger partial charge in [-0.2, -0.15) is 5.10 Å². The summed E-state index contributed by atoms with van der Waals surface area (Å²) in [6.45, 7) is 3.58. The molecule has 5 nitrogen and oxygen atoms in total. The smallest absolute Gasteiger partial charge is 0.290 e. The van der Waals surface area contributed by atoms with Crippen molar-refractivity contribution in [3.05, 3.63) is 52.8 Å². The molecule has 5 rings (SSSR count). The van der Waals surface area contributed by atoms with Gasteiger partial charge in [0.05, 0.1) is 24.5 Å². The minimum absolute atomic E-state index is 0.154. The van der Waals surface area contributed by atoms with Crippen LogP contribution in [0.25, 0.3) is 11.0 Å². The summed E-state index contributed by atoms with van der Waals surface area (Å²) in [6.07, 6.45) is 2.42. The molecule has 6 heteroatoms. The Morgan fingerprint density at radius 3 is 2.92 bits per heavy atom. The number of para-hydroxylation sites is 1. The first-order chi connectivity index (χ1) is 12.1. The lowest BCUT2D eigenvalue weighted by Gasteiger charge is -2.27. The molecule has 1 aliphatic heterocycles. The molecule has 1 saturated carbocycles. The predicted octanol–water partition coefficient (Wildman–Crippen LogP) is 3.61. The Bertz CT molecular complexity index is 1000. The number of fused-ring (bicyclic) bond motifs is 2. The van der Waals surface area contributed by atoms with Gasteiger partial charge >= 0.3 is 0 Å². The molecule has 0 N–H and O–H groups in total. The molecule has 1 aliphatic carbocycles. The van der Waals surface area contributed by atoms with E-state index in [1.54, 1.807) is 24.0 Å². The van der Waals surface area contributed by atoms with E-state index in [2.05, 4.69) is 11.2 Å². The molecule has 0 unspecified atom stereocenters. The van der Waals surface area contributed by atoms with E-state index in [-0.39, 0.29) is 17.3 Å². The van der Waals surface area contributed by atoms with Crippen LogP contribution < -0.4 is 0 Å². The first-order valence-electron chi connectivity index (χ1n) is 8.65. The third-order valence-corrected chi connectivity index (χ3v) is 5.21. The van der Waals surface area contributed by atoms with Gasteiger partial charge in [-0.05, 0) is 31.9 Å². The molecule has 1 amide bonds. The molecule has 1 fully saturated rings. The highest BCUT2D eigenvalue weighted by molar-refractivity contribution is 5.99. The van der Waals surface area contributed by atoms with Crippen LogP contribution in [0.1, 0.15) is 46.3 Å². The van der Waals surface area contributed by atoms with Gasteiger partial charge in [-0.25, -0.2) is 4.39 Å². The summed E-state index contributed by atoms with van der Waals surface area (Å²) in [6, 6.07) is 6.87. The maximum absolute atomic E-state index is 13.9. The van der Waals surface area contributed by atoms with Crippen molar-refractivity contribution in [2.45, 2.75) is 38.8 Å². The van der Waals surface area contributed by atoms with E-state index in [1.807, 2.05) is 4.68 Å². The van der Waals surface area contributed by atoms with Crippen LogP contribution >= 0.6 is 0 Å². The molecule has 0 saturated heterocycles. The predicted molar refractivity (Wildman–Crippen MR) is 89.9 cm³/mol. The molecule has 1 aromatic carbocycles. The van der Waals surface area contributed by atoms with Crippen LogP contribution in [0.5, 0.6) is 0 Å². The number of carbonyl (C=O) groups excluding carboxylic acids is 1. The highest BCUT2D eigenvalue weighted by atomic mass is 19.1. The molecule has 2 aliphatic rings. The highest BCUT2D eigenvalue weighted by Gasteiger charge is 2.31. The second-order valence-electron chi connectivity index (χ2n) is 6.96. The van der Waals surface area contributed by atoms with Crippen LogP contribution in [-0.2, 0) is 13.1 Å². The first-order valence-corrected chi connectivity index (χ1v) is 8.65. The number of hydrogen-bond donors (Lipinski definition) is 0. The van der Waals surface area contributed by atoms with Crippen LogP contribution in [-0.4, -0.2) is 27.1 Å². The van der Waals surface area contributed by atoms with Gasteiger partial charge in [0.2, 0.25) is 0 Å². The molecular formula is C19H18FN3O2. The Hall–Kier alpha value is -2.63. The maximum atomic E-state index is 13.9. The minimum Gasteiger partial charge on any atom is -0.448 e. The van der Waals surface area contributed by atoms with Crippen LogP contribution in [0.4, 0.5) is 4.39 Å². The molecule has 0 bridgehead atoms. The first kappa shape index (κ1) is 14.7. The lowest BCUT2D eigenvalue weighted by molar-refractivity contribution is 0.0675. The highest BCUT2D eigenvalue weighted by Crippen LogP contribution is 2.40. The molecule has 2 aromatic heterocycles. The second-order valence-corrected chi connectivity index (χ2v) is 6.96. The number of carbonyl (C=O) groups is 1. The summed E-state index contributed by atoms with van der Waals surface area (Å²) in [7, 11) is 0. The number of amides is 1. The van der Waals surface area contributed by atoms with Crippen molar-refractivity contribution in [1.82, 2.24) is 14.7 Å². The summed E-state index contributed by atoms with van der Waals surface area (Å²) in [5.41, 5.74) is 3.05. The average Bonchev–Trinajstić information content (AvgIpc) is 3.29. The van der Waals surface area contributed by atoms with Gasteiger partial charge < -0.3 is 9.32 Å². The fourth-order valence-corrected chi connectivity index (χ4v) is 3.60. The standard InChI is InChI=1S/C19H18FN3O2/c1-11-14-3-2-4-15(20)18(14)25-17(11)19(24)22-7-8-23-13(10-22)9-16(21-23)12-5-6-12/h2-4,9,12H,5-8,10H2,1H3. The molecule has 128 valence electrons. The fraction of sp³-hybridized carbons (Fsp3) is 0.368. The Morgan fingerprint density at radius 2 is 2.16 bits per heavy atom. The van der Waals surface area contributed by atoms with E-state index in [9.17, 15) is 9.18 Å². The van der Waals surface area contributed by atoms with Crippen LogP contribution in [0, 0.1) is 12.7 Å². The van der Waals surface area contributed by atoms with E-state index in [0.717, 1.165) is 11.4 Å². The number of benzene rings is 1. The Labute approximate surface area is 144 Å². The van der Waals surface area contributed by atoms with Gasteiger partial charge in [-0.15, -0.1) is 0 Å². The van der Waals surface area contributed by atoms with Gasteiger partial charge in [0, 0.05) is 23.4 Å². The molecule has 25 heavy (non-hydrogen) atoms. The number of furan rings is 1. The summed E-state index contributed by atoms with van der Waals surface area (Å²) in [5, 5.41) is 5.30. The summed E-state index contributed by atoms with van der Waals surface area (Å²) >= 11 is 0. The van der Waals surface area contributed by atoms with Gasteiger partial charge in [0.25, 0.3) is 5.91 Å². The number of nitrogens with zero attached hydrogens (tertiary/aromatic N) is 3. The number of halogens is 1. The molecule has 0 spiro atoms. The molecule has 3 aromatic rings. The summed E-state index contributed by atoms with van der Waals surface area (Å²) in [4.78, 5) is 14.7. The lowest BCUT2D eigenvalue weighted by atomic mass is 10.1. The van der Waals surface area contributed by atoms with E-state index >= 15 is 0 Å². The van der Waals surface area contributed by atoms with Gasteiger partial charge in [0.1, 0.15) is 0 Å². The normalized spacial score (nSPS) is 17.1. The van der Waals surface area contributed by atoms with Crippen molar-refractivity contribution in [3.63, 3.8) is 0 Å². The Kier molecular flexibility index (Phi) is 3.04. The average molecular weight is 339 g/mol. The van der Waals surface area contributed by atoms with Crippen LogP contribution in [0.2, 0.25) is 0 Å². The van der Waals surface area contributed by atoms with E-state index in [0.29, 0.717) is 36.5 Å². The molecule has 0 radical (unpaired) electrons. The summed E-state index contributed by atoms with van der Waals surface area (Å²) in [5.74, 6) is 0.206. The van der Waals surface area contributed by atoms with Crippen LogP contribution in [0.15, 0.2) is 28.7 Å². The quantitative estimate of drug-likeness (QED) is 0.717. The summed E-state index contributed by atoms with van der Waals surface area (Å²) < 4.78 is 21.5. The molecular weight excluding hydrogens is 321 g/mol.